The standard InChI is InChI=1S/C5H7N3O/c1-4-2-3-8(9)5(6)7-4/h2-3,6,9H,1H3. The third-order valence-electron chi connectivity index (χ3n) is 0.956. The molecule has 1 aromatic heterocycles. The van der Waals surface area contributed by atoms with Gasteiger partial charge < -0.3 is 5.21 Å². The molecule has 4 heteroatoms. The Morgan fingerprint density at radius 1 is 1.78 bits per heavy atom. The van der Waals surface area contributed by atoms with E-state index >= 15 is 0 Å². The predicted octanol–water partition coefficient (Wildman–Crippen LogP) is -0.0917. The van der Waals surface area contributed by atoms with Crippen LogP contribution in [0.4, 0.5) is 0 Å². The Hall–Kier alpha value is -1.32. The molecule has 1 aromatic rings. The van der Waals surface area contributed by atoms with Gasteiger partial charge in [-0.25, -0.2) is 4.98 Å². The summed E-state index contributed by atoms with van der Waals surface area (Å²) in [4.78, 5) is 3.65. The van der Waals surface area contributed by atoms with Crippen LogP contribution in [0.5, 0.6) is 0 Å². The molecule has 0 bridgehead atoms. The van der Waals surface area contributed by atoms with E-state index < -0.39 is 0 Å². The largest absolute Gasteiger partial charge is 0.425 e. The van der Waals surface area contributed by atoms with Crippen LogP contribution in [-0.2, 0) is 0 Å². The normalized spacial score (nSPS) is 9.44. The van der Waals surface area contributed by atoms with Crippen molar-refractivity contribution < 1.29 is 5.21 Å². The average Bonchev–Trinajstić information content (AvgIpc) is 1.80. The molecule has 1 rings (SSSR count). The molecule has 0 aliphatic heterocycles. The highest BCUT2D eigenvalue weighted by Crippen LogP contribution is 1.81. The molecule has 0 aromatic carbocycles. The summed E-state index contributed by atoms with van der Waals surface area (Å²) in [5.41, 5.74) is 0.584. The van der Waals surface area contributed by atoms with Crippen molar-refractivity contribution >= 4 is 0 Å². The Morgan fingerprint density at radius 2 is 2.44 bits per heavy atom. The first-order chi connectivity index (χ1) is 4.20. The van der Waals surface area contributed by atoms with Gasteiger partial charge in [0.2, 0.25) is 0 Å². The monoisotopic (exact) mass is 125 g/mol. The van der Waals surface area contributed by atoms with Gasteiger partial charge in [0.1, 0.15) is 0 Å². The lowest BCUT2D eigenvalue weighted by molar-refractivity contribution is 0.164. The Morgan fingerprint density at radius 3 is 2.89 bits per heavy atom. The van der Waals surface area contributed by atoms with Crippen LogP contribution >= 0.6 is 0 Å². The third kappa shape index (κ3) is 1.07. The molecule has 0 fully saturated rings. The summed E-state index contributed by atoms with van der Waals surface area (Å²) in [5, 5.41) is 15.7. The quantitative estimate of drug-likeness (QED) is 0.476. The number of hydrogen-bond acceptors (Lipinski definition) is 3. The van der Waals surface area contributed by atoms with Crippen LogP contribution in [0.15, 0.2) is 12.3 Å². The Labute approximate surface area is 51.9 Å². The molecule has 0 aliphatic rings. The molecule has 1 heterocycles. The van der Waals surface area contributed by atoms with Crippen molar-refractivity contribution in [3.05, 3.63) is 23.6 Å². The second-order valence-corrected chi connectivity index (χ2v) is 1.74. The lowest BCUT2D eigenvalue weighted by Gasteiger charge is -1.94. The van der Waals surface area contributed by atoms with E-state index in [4.69, 9.17) is 10.6 Å². The minimum absolute atomic E-state index is 0.144. The molecule has 48 valence electrons. The highest BCUT2D eigenvalue weighted by molar-refractivity contribution is 4.93. The lowest BCUT2D eigenvalue weighted by atomic mass is 10.5. The molecule has 4 nitrogen and oxygen atoms in total. The third-order valence-corrected chi connectivity index (χ3v) is 0.956. The second kappa shape index (κ2) is 1.89. The summed E-state index contributed by atoms with van der Waals surface area (Å²) < 4.78 is 0.660. The first-order valence-electron chi connectivity index (χ1n) is 2.50. The summed E-state index contributed by atoms with van der Waals surface area (Å²) in [7, 11) is 0. The van der Waals surface area contributed by atoms with E-state index in [1.807, 2.05) is 0 Å². The number of aryl methyl sites for hydroxylation is 1. The van der Waals surface area contributed by atoms with Crippen LogP contribution in [0.1, 0.15) is 5.69 Å². The SMILES string of the molecule is Cc1ccn(O)c(=N)n1. The van der Waals surface area contributed by atoms with Gasteiger partial charge in [0.05, 0.1) is 0 Å². The maximum Gasteiger partial charge on any atom is 0.255 e. The topological polar surface area (TPSA) is 61.9 Å². The van der Waals surface area contributed by atoms with Gasteiger partial charge >= 0.3 is 0 Å². The zero-order valence-corrected chi connectivity index (χ0v) is 5.00. The number of rotatable bonds is 0. The van der Waals surface area contributed by atoms with Gasteiger partial charge in [-0.05, 0) is 13.0 Å². The van der Waals surface area contributed by atoms with Crippen LogP contribution in [0, 0.1) is 12.3 Å². The highest BCUT2D eigenvalue weighted by Gasteiger charge is 1.86. The average molecular weight is 125 g/mol. The van der Waals surface area contributed by atoms with Crippen LogP contribution in [0.3, 0.4) is 0 Å². The van der Waals surface area contributed by atoms with E-state index in [0.29, 0.717) is 4.73 Å². The molecule has 0 spiro atoms. The molecule has 0 amide bonds. The second-order valence-electron chi connectivity index (χ2n) is 1.74. The van der Waals surface area contributed by atoms with Gasteiger partial charge in [-0.3, -0.25) is 5.41 Å². The first kappa shape index (κ1) is 5.81. The molecule has 0 radical (unpaired) electrons. The van der Waals surface area contributed by atoms with Gasteiger partial charge in [0.25, 0.3) is 5.62 Å². The van der Waals surface area contributed by atoms with Crippen molar-refractivity contribution in [1.29, 1.82) is 5.41 Å². The number of nitrogens with zero attached hydrogens (tertiary/aromatic N) is 2. The molecule has 0 saturated carbocycles. The summed E-state index contributed by atoms with van der Waals surface area (Å²) in [6.45, 7) is 1.76. The molecular formula is C5H7N3O. The molecular weight excluding hydrogens is 118 g/mol. The Kier molecular flexibility index (Phi) is 1.22. The van der Waals surface area contributed by atoms with E-state index in [1.54, 1.807) is 13.0 Å². The van der Waals surface area contributed by atoms with Gasteiger partial charge in [-0.1, -0.05) is 0 Å². The predicted molar refractivity (Wildman–Crippen MR) is 30.0 cm³/mol. The van der Waals surface area contributed by atoms with Crippen LogP contribution in [-0.4, -0.2) is 14.9 Å². The zero-order valence-electron chi connectivity index (χ0n) is 5.00. The Bertz CT molecular complexity index is 265. The fraction of sp³-hybridized carbons (Fsp3) is 0.200. The Balaban J connectivity index is 3.34. The first-order valence-corrected chi connectivity index (χ1v) is 2.50. The van der Waals surface area contributed by atoms with Crippen molar-refractivity contribution in [1.82, 2.24) is 9.71 Å². The van der Waals surface area contributed by atoms with Gasteiger partial charge in [-0.2, -0.15) is 4.73 Å². The minimum Gasteiger partial charge on any atom is -0.425 e. The summed E-state index contributed by atoms with van der Waals surface area (Å²) in [5.74, 6) is 0. The molecule has 0 atom stereocenters. The molecule has 0 aliphatic carbocycles. The van der Waals surface area contributed by atoms with Crippen LogP contribution in [0.25, 0.3) is 0 Å². The minimum atomic E-state index is -0.144. The van der Waals surface area contributed by atoms with E-state index in [1.165, 1.54) is 6.20 Å². The van der Waals surface area contributed by atoms with Crippen molar-refractivity contribution in [3.63, 3.8) is 0 Å². The fourth-order valence-electron chi connectivity index (χ4n) is 0.505. The number of aromatic nitrogens is 2. The maximum atomic E-state index is 8.71. The molecule has 0 unspecified atom stereocenters. The van der Waals surface area contributed by atoms with E-state index in [2.05, 4.69) is 4.98 Å². The fourth-order valence-corrected chi connectivity index (χ4v) is 0.505. The molecule has 9 heavy (non-hydrogen) atoms. The summed E-state index contributed by atoms with van der Waals surface area (Å²) in [6.07, 6.45) is 1.38. The zero-order chi connectivity index (χ0) is 6.85. The highest BCUT2D eigenvalue weighted by atomic mass is 16.5. The van der Waals surface area contributed by atoms with Crippen molar-refractivity contribution in [2.24, 2.45) is 0 Å². The van der Waals surface area contributed by atoms with Crippen molar-refractivity contribution in [2.45, 2.75) is 6.92 Å². The maximum absolute atomic E-state index is 8.71. The molecule has 2 N–H and O–H groups in total. The van der Waals surface area contributed by atoms with Gasteiger partial charge in [0.15, 0.2) is 0 Å². The lowest BCUT2D eigenvalue weighted by Crippen LogP contribution is -2.20. The number of nitrogens with one attached hydrogen (secondary N) is 1. The number of hydrogen-bond donors (Lipinski definition) is 2. The van der Waals surface area contributed by atoms with Crippen molar-refractivity contribution in [3.8, 4) is 0 Å². The van der Waals surface area contributed by atoms with Crippen molar-refractivity contribution in [2.75, 3.05) is 0 Å². The smallest absolute Gasteiger partial charge is 0.255 e. The van der Waals surface area contributed by atoms with Crippen LogP contribution < -0.4 is 5.62 Å². The summed E-state index contributed by atoms with van der Waals surface area (Å²) in [6, 6.07) is 1.62. The van der Waals surface area contributed by atoms with Crippen LogP contribution in [0.2, 0.25) is 0 Å². The van der Waals surface area contributed by atoms with Gasteiger partial charge in [-0.15, -0.1) is 0 Å². The van der Waals surface area contributed by atoms with Gasteiger partial charge in [0, 0.05) is 11.9 Å². The molecule has 0 saturated heterocycles. The summed E-state index contributed by atoms with van der Waals surface area (Å²) >= 11 is 0. The van der Waals surface area contributed by atoms with E-state index in [0.717, 1.165) is 5.69 Å². The van der Waals surface area contributed by atoms with E-state index in [-0.39, 0.29) is 5.62 Å². The van der Waals surface area contributed by atoms with E-state index in [9.17, 15) is 0 Å².